The molecule has 0 aliphatic heterocycles. The van der Waals surface area contributed by atoms with Gasteiger partial charge in [-0.25, -0.2) is 0 Å². The highest BCUT2D eigenvalue weighted by atomic mass is 35.5. The van der Waals surface area contributed by atoms with Crippen LogP contribution in [0.5, 0.6) is 5.75 Å². The number of nitrogens with zero attached hydrogens (tertiary/aromatic N) is 1. The van der Waals surface area contributed by atoms with Crippen molar-refractivity contribution in [1.82, 2.24) is 0 Å². The molecule has 0 atom stereocenters. The first kappa shape index (κ1) is 13.2. The molecular formula is C12H10Cl2N2OS. The van der Waals surface area contributed by atoms with Crippen molar-refractivity contribution in [3.05, 3.63) is 39.2 Å². The molecule has 94 valence electrons. The number of benzene rings is 1. The third-order valence-electron chi connectivity index (χ3n) is 2.53. The molecule has 3 N–H and O–H groups in total. The minimum absolute atomic E-state index is 0.157. The van der Waals surface area contributed by atoms with E-state index in [1.807, 2.05) is 0 Å². The van der Waals surface area contributed by atoms with E-state index in [0.29, 0.717) is 26.2 Å². The molecular weight excluding hydrogens is 291 g/mol. The zero-order chi connectivity index (χ0) is 13.3. The van der Waals surface area contributed by atoms with E-state index in [1.165, 1.54) is 11.3 Å². The summed E-state index contributed by atoms with van der Waals surface area (Å²) in [6.45, 7) is 1.74. The fourth-order valence-corrected chi connectivity index (χ4v) is 2.82. The number of hydrazone groups is 1. The normalized spacial score (nSPS) is 11.8. The standard InChI is InChI=1S/C12H10Cl2N2OS/c1-6(16-15)8-5-18-12(11(8)17)7-2-3-9(13)10(14)4-7/h2-5,17H,15H2,1H3/b16-6+. The molecule has 0 aliphatic carbocycles. The SMILES string of the molecule is C/C(=N\N)c1csc(-c2ccc(Cl)c(Cl)c2)c1O. The molecule has 1 aromatic heterocycles. The highest BCUT2D eigenvalue weighted by Gasteiger charge is 2.15. The fraction of sp³-hybridized carbons (Fsp3) is 0.0833. The van der Waals surface area contributed by atoms with E-state index < -0.39 is 0 Å². The van der Waals surface area contributed by atoms with Crippen LogP contribution in [-0.2, 0) is 0 Å². The first-order chi connectivity index (χ1) is 8.54. The zero-order valence-corrected chi connectivity index (χ0v) is 11.8. The van der Waals surface area contributed by atoms with Crippen molar-refractivity contribution in [3.8, 4) is 16.2 Å². The van der Waals surface area contributed by atoms with Crippen LogP contribution in [0.2, 0.25) is 10.0 Å². The van der Waals surface area contributed by atoms with Gasteiger partial charge in [-0.1, -0.05) is 29.3 Å². The Morgan fingerprint density at radius 1 is 1.33 bits per heavy atom. The van der Waals surface area contributed by atoms with Gasteiger partial charge in [0.15, 0.2) is 0 Å². The Bertz CT molecular complexity index is 623. The van der Waals surface area contributed by atoms with Crippen molar-refractivity contribution < 1.29 is 5.11 Å². The summed E-state index contributed by atoms with van der Waals surface area (Å²) in [5.74, 6) is 5.37. The van der Waals surface area contributed by atoms with Crippen LogP contribution in [-0.4, -0.2) is 10.8 Å². The highest BCUT2D eigenvalue weighted by molar-refractivity contribution is 7.14. The van der Waals surface area contributed by atoms with Crippen molar-refractivity contribution >= 4 is 40.3 Å². The van der Waals surface area contributed by atoms with Gasteiger partial charge < -0.3 is 10.9 Å². The average molecular weight is 301 g/mol. The van der Waals surface area contributed by atoms with E-state index in [-0.39, 0.29) is 5.75 Å². The second-order valence-corrected chi connectivity index (χ2v) is 5.36. The lowest BCUT2D eigenvalue weighted by Crippen LogP contribution is -1.96. The topological polar surface area (TPSA) is 58.6 Å². The summed E-state index contributed by atoms with van der Waals surface area (Å²) >= 11 is 13.2. The van der Waals surface area contributed by atoms with Gasteiger partial charge in [0.05, 0.1) is 26.2 Å². The maximum atomic E-state index is 10.1. The second-order valence-electron chi connectivity index (χ2n) is 3.67. The van der Waals surface area contributed by atoms with E-state index >= 15 is 0 Å². The molecule has 18 heavy (non-hydrogen) atoms. The monoisotopic (exact) mass is 300 g/mol. The molecule has 0 radical (unpaired) electrons. The average Bonchev–Trinajstić information content (AvgIpc) is 2.74. The summed E-state index contributed by atoms with van der Waals surface area (Å²) < 4.78 is 0. The molecule has 0 spiro atoms. The van der Waals surface area contributed by atoms with Gasteiger partial charge >= 0.3 is 0 Å². The van der Waals surface area contributed by atoms with Crippen LogP contribution >= 0.6 is 34.5 Å². The van der Waals surface area contributed by atoms with Crippen LogP contribution in [0.1, 0.15) is 12.5 Å². The van der Waals surface area contributed by atoms with Gasteiger partial charge in [0.25, 0.3) is 0 Å². The molecule has 3 nitrogen and oxygen atoms in total. The molecule has 0 fully saturated rings. The van der Waals surface area contributed by atoms with Crippen LogP contribution in [0.3, 0.4) is 0 Å². The first-order valence-corrected chi connectivity index (χ1v) is 6.69. The van der Waals surface area contributed by atoms with Gasteiger partial charge in [-0.3, -0.25) is 0 Å². The van der Waals surface area contributed by atoms with Gasteiger partial charge in [-0.2, -0.15) is 5.10 Å². The van der Waals surface area contributed by atoms with Crippen molar-refractivity contribution in [2.75, 3.05) is 0 Å². The predicted molar refractivity (Wildman–Crippen MR) is 77.8 cm³/mol. The largest absolute Gasteiger partial charge is 0.506 e. The molecule has 0 aliphatic rings. The number of thiophene rings is 1. The van der Waals surface area contributed by atoms with Gasteiger partial charge in [0.1, 0.15) is 5.75 Å². The minimum Gasteiger partial charge on any atom is -0.506 e. The maximum absolute atomic E-state index is 10.1. The van der Waals surface area contributed by atoms with Gasteiger partial charge in [0.2, 0.25) is 0 Å². The van der Waals surface area contributed by atoms with Crippen LogP contribution in [0.4, 0.5) is 0 Å². The van der Waals surface area contributed by atoms with Gasteiger partial charge in [0, 0.05) is 5.38 Å². The minimum atomic E-state index is 0.157. The smallest absolute Gasteiger partial charge is 0.143 e. The Labute approximate surface area is 118 Å². The fourth-order valence-electron chi connectivity index (χ4n) is 1.52. The number of rotatable bonds is 2. The summed E-state index contributed by atoms with van der Waals surface area (Å²) in [7, 11) is 0. The molecule has 0 saturated carbocycles. The van der Waals surface area contributed by atoms with Crippen molar-refractivity contribution in [1.29, 1.82) is 0 Å². The number of nitrogens with two attached hydrogens (primary N) is 1. The quantitative estimate of drug-likeness (QED) is 0.498. The first-order valence-electron chi connectivity index (χ1n) is 5.05. The predicted octanol–water partition coefficient (Wildman–Crippen LogP) is 4.11. The van der Waals surface area contributed by atoms with Crippen molar-refractivity contribution in [3.63, 3.8) is 0 Å². The van der Waals surface area contributed by atoms with E-state index in [0.717, 1.165) is 5.56 Å². The molecule has 0 saturated heterocycles. The molecule has 6 heteroatoms. The third-order valence-corrected chi connectivity index (χ3v) is 4.29. The Kier molecular flexibility index (Phi) is 3.80. The summed E-state index contributed by atoms with van der Waals surface area (Å²) in [6.07, 6.45) is 0. The Morgan fingerprint density at radius 3 is 2.67 bits per heavy atom. The third kappa shape index (κ3) is 2.32. The number of halogens is 2. The number of aromatic hydroxyl groups is 1. The Morgan fingerprint density at radius 2 is 2.06 bits per heavy atom. The van der Waals surface area contributed by atoms with Crippen molar-refractivity contribution in [2.24, 2.45) is 10.9 Å². The lowest BCUT2D eigenvalue weighted by Gasteiger charge is -2.02. The maximum Gasteiger partial charge on any atom is 0.143 e. The lowest BCUT2D eigenvalue weighted by atomic mass is 10.1. The molecule has 1 aromatic carbocycles. The molecule has 0 amide bonds. The highest BCUT2D eigenvalue weighted by Crippen LogP contribution is 2.40. The van der Waals surface area contributed by atoms with E-state index in [9.17, 15) is 5.11 Å². The van der Waals surface area contributed by atoms with Crippen molar-refractivity contribution in [2.45, 2.75) is 6.92 Å². The van der Waals surface area contributed by atoms with Gasteiger partial charge in [-0.05, 0) is 24.6 Å². The van der Waals surface area contributed by atoms with E-state index in [1.54, 1.807) is 30.5 Å². The summed E-state index contributed by atoms with van der Waals surface area (Å²) in [4.78, 5) is 0.714. The Hall–Kier alpha value is -1.23. The zero-order valence-electron chi connectivity index (χ0n) is 9.45. The molecule has 1 heterocycles. The van der Waals surface area contributed by atoms with Crippen LogP contribution in [0, 0.1) is 0 Å². The molecule has 0 bridgehead atoms. The summed E-state index contributed by atoms with van der Waals surface area (Å²) in [5, 5.41) is 16.5. The number of hydrogen-bond acceptors (Lipinski definition) is 4. The van der Waals surface area contributed by atoms with E-state index in [4.69, 9.17) is 29.0 Å². The van der Waals surface area contributed by atoms with Crippen LogP contribution in [0.25, 0.3) is 10.4 Å². The van der Waals surface area contributed by atoms with Gasteiger partial charge in [-0.15, -0.1) is 11.3 Å². The lowest BCUT2D eigenvalue weighted by molar-refractivity contribution is 0.478. The molecule has 0 unspecified atom stereocenters. The van der Waals surface area contributed by atoms with Crippen LogP contribution < -0.4 is 5.84 Å². The van der Waals surface area contributed by atoms with E-state index in [2.05, 4.69) is 5.10 Å². The summed E-state index contributed by atoms with van der Waals surface area (Å²) in [6, 6.07) is 5.22. The second kappa shape index (κ2) is 5.18. The number of hydrogen-bond donors (Lipinski definition) is 2. The summed E-state index contributed by atoms with van der Waals surface area (Å²) in [5.41, 5.74) is 2.02. The molecule has 2 aromatic rings. The molecule has 2 rings (SSSR count). The van der Waals surface area contributed by atoms with Crippen LogP contribution in [0.15, 0.2) is 28.7 Å². The Balaban J connectivity index is 2.52.